The van der Waals surface area contributed by atoms with E-state index in [4.69, 9.17) is 23.2 Å². The Hall–Kier alpha value is -1.29. The topological polar surface area (TPSA) is 33.1 Å². The Morgan fingerprint density at radius 1 is 1.11 bits per heavy atom. The van der Waals surface area contributed by atoms with Crippen LogP contribution in [0.4, 0.5) is 0 Å². The maximum atomic E-state index is 9.98. The third-order valence-corrected chi connectivity index (χ3v) is 4.13. The molecule has 3 rings (SSSR count). The largest absolute Gasteiger partial charge is 0.506 e. The lowest BCUT2D eigenvalue weighted by molar-refractivity contribution is 0.477. The van der Waals surface area contributed by atoms with Gasteiger partial charge in [-0.05, 0) is 24.3 Å². The van der Waals surface area contributed by atoms with Crippen LogP contribution in [0.3, 0.4) is 0 Å². The van der Waals surface area contributed by atoms with E-state index in [0.717, 1.165) is 10.2 Å². The van der Waals surface area contributed by atoms with Gasteiger partial charge < -0.3 is 5.11 Å². The second-order valence-electron chi connectivity index (χ2n) is 3.77. The summed E-state index contributed by atoms with van der Waals surface area (Å²) in [7, 11) is 0. The summed E-state index contributed by atoms with van der Waals surface area (Å²) in [5.74, 6) is 0.0140. The zero-order chi connectivity index (χ0) is 12.7. The molecule has 0 atom stereocenters. The van der Waals surface area contributed by atoms with Crippen LogP contribution in [0, 0.1) is 0 Å². The van der Waals surface area contributed by atoms with Crippen molar-refractivity contribution in [1.29, 1.82) is 0 Å². The number of hydrogen-bond donors (Lipinski definition) is 1. The Bertz CT molecular complexity index is 706. The third kappa shape index (κ3) is 1.94. The Morgan fingerprint density at radius 3 is 2.67 bits per heavy atom. The first kappa shape index (κ1) is 11.8. The van der Waals surface area contributed by atoms with Gasteiger partial charge in [-0.15, -0.1) is 11.3 Å². The van der Waals surface area contributed by atoms with Crippen molar-refractivity contribution in [3.05, 3.63) is 46.4 Å². The van der Waals surface area contributed by atoms with Crippen molar-refractivity contribution in [3.63, 3.8) is 0 Å². The lowest BCUT2D eigenvalue weighted by Gasteiger charge is -2.03. The Labute approximate surface area is 117 Å². The number of aromatic nitrogens is 1. The van der Waals surface area contributed by atoms with Crippen LogP contribution < -0.4 is 0 Å². The van der Waals surface area contributed by atoms with E-state index in [1.54, 1.807) is 6.07 Å². The van der Waals surface area contributed by atoms with Gasteiger partial charge in [0.15, 0.2) is 0 Å². The van der Waals surface area contributed by atoms with Gasteiger partial charge in [-0.3, -0.25) is 0 Å². The predicted octanol–water partition coefficient (Wildman–Crippen LogP) is 4.98. The molecule has 90 valence electrons. The molecule has 0 unspecified atom stereocenters. The Morgan fingerprint density at radius 2 is 1.89 bits per heavy atom. The maximum absolute atomic E-state index is 9.98. The van der Waals surface area contributed by atoms with Crippen molar-refractivity contribution >= 4 is 44.8 Å². The standard InChI is InChI=1S/C13H7Cl2NOS/c14-7-5-8(12(17)9(15)6-7)13-16-10-3-1-2-4-11(10)18-13/h1-6,17H. The molecule has 1 aromatic heterocycles. The number of thiazole rings is 1. The normalized spacial score (nSPS) is 11.0. The molecule has 0 bridgehead atoms. The van der Waals surface area contributed by atoms with Crippen molar-refractivity contribution in [2.24, 2.45) is 0 Å². The lowest BCUT2D eigenvalue weighted by Crippen LogP contribution is -1.79. The van der Waals surface area contributed by atoms with Crippen LogP contribution in [-0.4, -0.2) is 10.1 Å². The number of aromatic hydroxyl groups is 1. The molecule has 1 N–H and O–H groups in total. The average molecular weight is 296 g/mol. The number of hydrogen-bond acceptors (Lipinski definition) is 3. The van der Waals surface area contributed by atoms with E-state index in [1.807, 2.05) is 24.3 Å². The highest BCUT2D eigenvalue weighted by Gasteiger charge is 2.13. The van der Waals surface area contributed by atoms with E-state index < -0.39 is 0 Å². The maximum Gasteiger partial charge on any atom is 0.144 e. The van der Waals surface area contributed by atoms with Crippen molar-refractivity contribution < 1.29 is 5.11 Å². The molecule has 1 heterocycles. The fourth-order valence-corrected chi connectivity index (χ4v) is 3.19. The molecule has 0 saturated heterocycles. The summed E-state index contributed by atoms with van der Waals surface area (Å²) >= 11 is 13.4. The number of halogens is 2. The van der Waals surface area contributed by atoms with Crippen molar-refractivity contribution in [3.8, 4) is 16.3 Å². The first-order chi connectivity index (χ1) is 8.65. The molecule has 0 fully saturated rings. The summed E-state index contributed by atoms with van der Waals surface area (Å²) in [5, 5.41) is 11.4. The molecule has 3 aromatic rings. The molecule has 0 radical (unpaired) electrons. The van der Waals surface area contributed by atoms with E-state index in [0.29, 0.717) is 15.6 Å². The minimum absolute atomic E-state index is 0.0140. The summed E-state index contributed by atoms with van der Waals surface area (Å²) < 4.78 is 1.06. The quantitative estimate of drug-likeness (QED) is 0.687. The number of phenolic OH excluding ortho intramolecular Hbond substituents is 1. The van der Waals surface area contributed by atoms with E-state index in [2.05, 4.69) is 4.98 Å². The SMILES string of the molecule is Oc1c(Cl)cc(Cl)cc1-c1nc2ccccc2s1. The molecule has 0 aliphatic heterocycles. The molecule has 0 amide bonds. The zero-order valence-corrected chi connectivity index (χ0v) is 11.4. The predicted molar refractivity (Wildman–Crippen MR) is 76.7 cm³/mol. The van der Waals surface area contributed by atoms with Crippen LogP contribution in [0.15, 0.2) is 36.4 Å². The van der Waals surface area contributed by atoms with Crippen LogP contribution in [0.5, 0.6) is 5.75 Å². The summed E-state index contributed by atoms with van der Waals surface area (Å²) in [6.07, 6.45) is 0. The second-order valence-corrected chi connectivity index (χ2v) is 5.64. The highest BCUT2D eigenvalue weighted by Crippen LogP contribution is 2.40. The Kier molecular flexibility index (Phi) is 2.90. The summed E-state index contributed by atoms with van der Waals surface area (Å²) in [6.45, 7) is 0. The van der Waals surface area contributed by atoms with E-state index in [-0.39, 0.29) is 10.8 Å². The van der Waals surface area contributed by atoms with Crippen molar-refractivity contribution in [2.45, 2.75) is 0 Å². The van der Waals surface area contributed by atoms with Gasteiger partial charge in [-0.1, -0.05) is 35.3 Å². The third-order valence-electron chi connectivity index (χ3n) is 2.55. The fourth-order valence-electron chi connectivity index (χ4n) is 1.72. The summed E-state index contributed by atoms with van der Waals surface area (Å²) in [5.41, 5.74) is 1.46. The molecule has 2 aromatic carbocycles. The van der Waals surface area contributed by atoms with Gasteiger partial charge in [-0.25, -0.2) is 4.98 Å². The van der Waals surface area contributed by atoms with Crippen LogP contribution >= 0.6 is 34.5 Å². The molecule has 18 heavy (non-hydrogen) atoms. The van der Waals surface area contributed by atoms with Gasteiger partial charge in [-0.2, -0.15) is 0 Å². The number of rotatable bonds is 1. The number of para-hydroxylation sites is 1. The number of benzene rings is 2. The second kappa shape index (κ2) is 4.43. The molecule has 0 aliphatic rings. The molecule has 2 nitrogen and oxygen atoms in total. The fraction of sp³-hybridized carbons (Fsp3) is 0. The Balaban J connectivity index is 2.26. The summed E-state index contributed by atoms with van der Waals surface area (Å²) in [6, 6.07) is 11.0. The van der Waals surface area contributed by atoms with Gasteiger partial charge >= 0.3 is 0 Å². The van der Waals surface area contributed by atoms with Crippen molar-refractivity contribution in [1.82, 2.24) is 4.98 Å². The number of fused-ring (bicyclic) bond motifs is 1. The van der Waals surface area contributed by atoms with Crippen LogP contribution in [0.2, 0.25) is 10.0 Å². The molecular weight excluding hydrogens is 289 g/mol. The van der Waals surface area contributed by atoms with Crippen molar-refractivity contribution in [2.75, 3.05) is 0 Å². The first-order valence-electron chi connectivity index (χ1n) is 5.19. The lowest BCUT2D eigenvalue weighted by atomic mass is 10.2. The van der Waals surface area contributed by atoms with E-state index >= 15 is 0 Å². The van der Waals surface area contributed by atoms with Gasteiger partial charge in [0.2, 0.25) is 0 Å². The van der Waals surface area contributed by atoms with Gasteiger partial charge in [0.05, 0.1) is 20.8 Å². The molecular formula is C13H7Cl2NOS. The van der Waals surface area contributed by atoms with Crippen LogP contribution in [-0.2, 0) is 0 Å². The highest BCUT2D eigenvalue weighted by atomic mass is 35.5. The number of phenols is 1. The molecule has 0 saturated carbocycles. The van der Waals surface area contributed by atoms with Gasteiger partial charge in [0.1, 0.15) is 10.8 Å². The van der Waals surface area contributed by atoms with Gasteiger partial charge in [0, 0.05) is 5.02 Å². The highest BCUT2D eigenvalue weighted by molar-refractivity contribution is 7.21. The van der Waals surface area contributed by atoms with Crippen LogP contribution in [0.1, 0.15) is 0 Å². The first-order valence-corrected chi connectivity index (χ1v) is 6.76. The monoisotopic (exact) mass is 295 g/mol. The van der Waals surface area contributed by atoms with Crippen LogP contribution in [0.25, 0.3) is 20.8 Å². The summed E-state index contributed by atoms with van der Waals surface area (Å²) in [4.78, 5) is 4.47. The number of nitrogens with zero attached hydrogens (tertiary/aromatic N) is 1. The molecule has 5 heteroatoms. The molecule has 0 aliphatic carbocycles. The van der Waals surface area contributed by atoms with E-state index in [1.165, 1.54) is 17.4 Å². The minimum atomic E-state index is 0.0140. The molecule has 0 spiro atoms. The zero-order valence-electron chi connectivity index (χ0n) is 9.02. The average Bonchev–Trinajstić information content (AvgIpc) is 2.77. The van der Waals surface area contributed by atoms with Gasteiger partial charge in [0.25, 0.3) is 0 Å². The van der Waals surface area contributed by atoms with E-state index in [9.17, 15) is 5.11 Å². The minimum Gasteiger partial charge on any atom is -0.506 e. The smallest absolute Gasteiger partial charge is 0.144 e.